The largest absolute Gasteiger partial charge is 0.416 e. The average Bonchev–Trinajstić information content (AvgIpc) is 2.73. The monoisotopic (exact) mass is 497 g/mol. The number of alkyl halides is 6. The van der Waals surface area contributed by atoms with Crippen LogP contribution >= 0.6 is 0 Å². The molecule has 0 aliphatic carbocycles. The van der Waals surface area contributed by atoms with Crippen molar-refractivity contribution in [1.82, 2.24) is 5.32 Å². The molecule has 1 aromatic carbocycles. The SMILES string of the molecule is CC(C)CNC(=O)C=CC(F)=CCCCCCCOCc1cc(C(F)(F)F)cc(C(F)(F)F)c1. The summed E-state index contributed by atoms with van der Waals surface area (Å²) in [5, 5.41) is 2.64. The Kier molecular flexibility index (Phi) is 12.3. The van der Waals surface area contributed by atoms with Gasteiger partial charge in [0.25, 0.3) is 0 Å². The van der Waals surface area contributed by atoms with Crippen molar-refractivity contribution in [3.8, 4) is 0 Å². The van der Waals surface area contributed by atoms with Crippen LogP contribution in [0.15, 0.2) is 42.3 Å². The number of nitrogens with one attached hydrogen (secondary N) is 1. The zero-order valence-electron chi connectivity index (χ0n) is 19.2. The molecule has 10 heteroatoms. The van der Waals surface area contributed by atoms with E-state index in [2.05, 4.69) is 5.32 Å². The molecule has 0 aliphatic rings. The highest BCUT2D eigenvalue weighted by Gasteiger charge is 2.36. The highest BCUT2D eigenvalue weighted by Crippen LogP contribution is 2.36. The second kappa shape index (κ2) is 14.1. The molecule has 0 unspecified atom stereocenters. The van der Waals surface area contributed by atoms with Crippen LogP contribution in [0.1, 0.15) is 62.6 Å². The van der Waals surface area contributed by atoms with Crippen LogP contribution in [0.3, 0.4) is 0 Å². The first kappa shape index (κ1) is 29.7. The van der Waals surface area contributed by atoms with Crippen molar-refractivity contribution in [2.45, 2.75) is 64.9 Å². The maximum absolute atomic E-state index is 13.6. The molecule has 0 atom stereocenters. The van der Waals surface area contributed by atoms with E-state index in [9.17, 15) is 35.5 Å². The summed E-state index contributed by atoms with van der Waals surface area (Å²) in [4.78, 5) is 11.5. The minimum atomic E-state index is -4.89. The van der Waals surface area contributed by atoms with E-state index in [0.717, 1.165) is 18.6 Å². The molecule has 192 valence electrons. The Bertz CT molecular complexity index is 795. The minimum absolute atomic E-state index is 0.0816. The number of ether oxygens (including phenoxy) is 1. The van der Waals surface area contributed by atoms with Gasteiger partial charge in [-0.1, -0.05) is 26.7 Å². The van der Waals surface area contributed by atoms with Gasteiger partial charge in [-0.2, -0.15) is 26.3 Å². The van der Waals surface area contributed by atoms with Gasteiger partial charge in [-0.05, 0) is 61.1 Å². The van der Waals surface area contributed by atoms with Gasteiger partial charge in [0.15, 0.2) is 0 Å². The van der Waals surface area contributed by atoms with Gasteiger partial charge in [0, 0.05) is 19.2 Å². The van der Waals surface area contributed by atoms with Crippen molar-refractivity contribution in [1.29, 1.82) is 0 Å². The molecule has 1 amide bonds. The maximum atomic E-state index is 13.6. The standard InChI is InChI=1S/C24H30F7NO2/c1-17(2)15-32-22(33)10-9-21(25)8-6-4-3-5-7-11-34-16-18-12-19(23(26,27)28)14-20(13-18)24(29,30)31/h8-10,12-14,17H,3-7,11,15-16H2,1-2H3,(H,32,33). The van der Waals surface area contributed by atoms with Crippen LogP contribution in [0.25, 0.3) is 0 Å². The topological polar surface area (TPSA) is 38.3 Å². The van der Waals surface area contributed by atoms with Gasteiger partial charge < -0.3 is 10.1 Å². The molecule has 0 spiro atoms. The lowest BCUT2D eigenvalue weighted by molar-refractivity contribution is -0.143. The fourth-order valence-electron chi connectivity index (χ4n) is 2.82. The highest BCUT2D eigenvalue weighted by molar-refractivity contribution is 5.87. The third kappa shape index (κ3) is 12.8. The Morgan fingerprint density at radius 1 is 0.941 bits per heavy atom. The number of hydrogen-bond acceptors (Lipinski definition) is 2. The molecule has 1 rings (SSSR count). The van der Waals surface area contributed by atoms with Crippen molar-refractivity contribution in [2.75, 3.05) is 13.2 Å². The second-order valence-electron chi connectivity index (χ2n) is 8.23. The van der Waals surface area contributed by atoms with Crippen LogP contribution in [-0.2, 0) is 28.5 Å². The van der Waals surface area contributed by atoms with Gasteiger partial charge in [0.1, 0.15) is 5.83 Å². The Morgan fingerprint density at radius 3 is 2.09 bits per heavy atom. The minimum Gasteiger partial charge on any atom is -0.377 e. The third-order valence-electron chi connectivity index (χ3n) is 4.58. The normalized spacial score (nSPS) is 13.2. The lowest BCUT2D eigenvalue weighted by Gasteiger charge is -2.14. The quantitative estimate of drug-likeness (QED) is 0.134. The number of halogens is 7. The summed E-state index contributed by atoms with van der Waals surface area (Å²) in [6, 6.07) is 1.38. The van der Waals surface area contributed by atoms with Crippen LogP contribution in [0, 0.1) is 5.92 Å². The number of carbonyl (C=O) groups excluding carboxylic acids is 1. The molecule has 0 bridgehead atoms. The summed E-state index contributed by atoms with van der Waals surface area (Å²) in [7, 11) is 0. The van der Waals surface area contributed by atoms with Crippen LogP contribution in [-0.4, -0.2) is 19.1 Å². The molecule has 0 aliphatic heterocycles. The predicted octanol–water partition coefficient (Wildman–Crippen LogP) is 7.37. The number of rotatable bonds is 13. The van der Waals surface area contributed by atoms with E-state index in [1.165, 1.54) is 6.08 Å². The van der Waals surface area contributed by atoms with Crippen molar-refractivity contribution in [2.24, 2.45) is 5.92 Å². The van der Waals surface area contributed by atoms with Crippen LogP contribution < -0.4 is 5.32 Å². The number of amides is 1. The molecule has 0 radical (unpaired) electrons. The molecule has 3 nitrogen and oxygen atoms in total. The van der Waals surface area contributed by atoms with Crippen LogP contribution in [0.5, 0.6) is 0 Å². The molecule has 1 aromatic rings. The first-order valence-electron chi connectivity index (χ1n) is 11.0. The lowest BCUT2D eigenvalue weighted by Crippen LogP contribution is -2.25. The number of benzene rings is 1. The average molecular weight is 497 g/mol. The second-order valence-corrected chi connectivity index (χ2v) is 8.23. The van der Waals surface area contributed by atoms with E-state index in [0.29, 0.717) is 50.3 Å². The van der Waals surface area contributed by atoms with Gasteiger partial charge in [0.05, 0.1) is 17.7 Å². The summed E-state index contributed by atoms with van der Waals surface area (Å²) < 4.78 is 96.0. The van der Waals surface area contributed by atoms with Crippen molar-refractivity contribution < 1.29 is 40.3 Å². The van der Waals surface area contributed by atoms with Gasteiger partial charge >= 0.3 is 12.4 Å². The molecule has 1 N–H and O–H groups in total. The summed E-state index contributed by atoms with van der Waals surface area (Å²) in [5.41, 5.74) is -2.94. The molecular weight excluding hydrogens is 467 g/mol. The highest BCUT2D eigenvalue weighted by atomic mass is 19.4. The van der Waals surface area contributed by atoms with Gasteiger partial charge in [-0.15, -0.1) is 0 Å². The van der Waals surface area contributed by atoms with Crippen molar-refractivity contribution >= 4 is 5.91 Å². The fraction of sp³-hybridized carbons (Fsp3) is 0.542. The summed E-state index contributed by atoms with van der Waals surface area (Å²) in [5.74, 6) is -0.578. The van der Waals surface area contributed by atoms with Crippen LogP contribution in [0.4, 0.5) is 30.7 Å². The number of allylic oxidation sites excluding steroid dienone is 3. The molecule has 0 saturated carbocycles. The number of hydrogen-bond donors (Lipinski definition) is 1. The third-order valence-corrected chi connectivity index (χ3v) is 4.58. The first-order chi connectivity index (χ1) is 15.8. The Labute approximate surface area is 195 Å². The Balaban J connectivity index is 2.31. The molecule has 0 saturated heterocycles. The molecule has 0 fully saturated rings. The van der Waals surface area contributed by atoms with E-state index in [1.807, 2.05) is 13.8 Å². The van der Waals surface area contributed by atoms with E-state index in [-0.39, 0.29) is 30.8 Å². The zero-order valence-corrected chi connectivity index (χ0v) is 19.2. The molecule has 0 aromatic heterocycles. The van der Waals surface area contributed by atoms with Crippen molar-refractivity contribution in [3.05, 3.63) is 58.9 Å². The lowest BCUT2D eigenvalue weighted by atomic mass is 10.1. The first-order valence-corrected chi connectivity index (χ1v) is 11.0. The summed E-state index contributed by atoms with van der Waals surface area (Å²) >= 11 is 0. The van der Waals surface area contributed by atoms with E-state index < -0.39 is 29.3 Å². The van der Waals surface area contributed by atoms with E-state index in [1.54, 1.807) is 0 Å². The number of unbranched alkanes of at least 4 members (excludes halogenated alkanes) is 4. The molecular formula is C24H30F7NO2. The Hall–Kier alpha value is -2.36. The van der Waals surface area contributed by atoms with Gasteiger partial charge in [-0.3, -0.25) is 4.79 Å². The van der Waals surface area contributed by atoms with E-state index in [4.69, 9.17) is 4.74 Å². The molecule has 34 heavy (non-hydrogen) atoms. The van der Waals surface area contributed by atoms with Gasteiger partial charge in [0.2, 0.25) is 5.91 Å². The fourth-order valence-corrected chi connectivity index (χ4v) is 2.82. The summed E-state index contributed by atoms with van der Waals surface area (Å²) in [6.07, 6.45) is -3.01. The maximum Gasteiger partial charge on any atom is 0.416 e. The number of carbonyl (C=O) groups is 1. The summed E-state index contributed by atoms with van der Waals surface area (Å²) in [6.45, 7) is 4.21. The van der Waals surface area contributed by atoms with Crippen molar-refractivity contribution in [3.63, 3.8) is 0 Å². The zero-order chi connectivity index (χ0) is 25.8. The molecule has 0 heterocycles. The Morgan fingerprint density at radius 2 is 1.53 bits per heavy atom. The van der Waals surface area contributed by atoms with Crippen LogP contribution in [0.2, 0.25) is 0 Å². The smallest absolute Gasteiger partial charge is 0.377 e. The van der Waals surface area contributed by atoms with E-state index >= 15 is 0 Å². The predicted molar refractivity (Wildman–Crippen MR) is 115 cm³/mol. The van der Waals surface area contributed by atoms with Gasteiger partial charge in [-0.25, -0.2) is 4.39 Å².